The van der Waals surface area contributed by atoms with Gasteiger partial charge >= 0.3 is 0 Å². The third kappa shape index (κ3) is 0.979. The van der Waals surface area contributed by atoms with Crippen LogP contribution in [0.1, 0.15) is 0 Å². The lowest BCUT2D eigenvalue weighted by Crippen LogP contribution is -2.31. The molecule has 0 fully saturated rings. The Kier molecular flexibility index (Phi) is 1.33. The molecular formula is C5H6ClN5. The first-order valence-corrected chi connectivity index (χ1v) is 3.43. The van der Waals surface area contributed by atoms with Crippen molar-refractivity contribution in [2.75, 3.05) is 17.5 Å². The summed E-state index contributed by atoms with van der Waals surface area (Å²) in [6.07, 6.45) is 1.65. The van der Waals surface area contributed by atoms with Gasteiger partial charge in [0, 0.05) is 7.05 Å². The van der Waals surface area contributed by atoms with E-state index in [9.17, 15) is 0 Å². The normalized spacial score (nSPS) is 14.5. The molecule has 0 bridgehead atoms. The average molecular weight is 172 g/mol. The van der Waals surface area contributed by atoms with E-state index in [1.807, 2.05) is 7.05 Å². The van der Waals surface area contributed by atoms with E-state index in [0.717, 1.165) is 5.69 Å². The van der Waals surface area contributed by atoms with E-state index in [-0.39, 0.29) is 5.28 Å². The molecule has 0 saturated heterocycles. The lowest BCUT2D eigenvalue weighted by Gasteiger charge is -2.07. The van der Waals surface area contributed by atoms with Crippen LogP contribution in [0.2, 0.25) is 5.28 Å². The molecule has 0 saturated carbocycles. The van der Waals surface area contributed by atoms with Crippen LogP contribution in [-0.4, -0.2) is 17.0 Å². The lowest BCUT2D eigenvalue weighted by atomic mass is 10.5. The second kappa shape index (κ2) is 2.21. The molecule has 2 N–H and O–H groups in total. The number of hydrogen-bond donors (Lipinski definition) is 2. The summed E-state index contributed by atoms with van der Waals surface area (Å²) < 4.78 is 0. The summed E-state index contributed by atoms with van der Waals surface area (Å²) in [6.45, 7) is 0. The van der Waals surface area contributed by atoms with Crippen LogP contribution in [0.25, 0.3) is 0 Å². The van der Waals surface area contributed by atoms with Crippen molar-refractivity contribution in [1.29, 1.82) is 0 Å². The van der Waals surface area contributed by atoms with Crippen LogP contribution in [0, 0.1) is 0 Å². The van der Waals surface area contributed by atoms with Crippen molar-refractivity contribution < 1.29 is 0 Å². The molecule has 58 valence electrons. The molecule has 2 heterocycles. The summed E-state index contributed by atoms with van der Waals surface area (Å²) in [7, 11) is 1.86. The minimum atomic E-state index is 0.244. The van der Waals surface area contributed by atoms with Gasteiger partial charge in [-0.3, -0.25) is 10.4 Å². The van der Waals surface area contributed by atoms with Gasteiger partial charge in [-0.05, 0) is 11.6 Å². The smallest absolute Gasteiger partial charge is 0.224 e. The molecule has 0 aliphatic carbocycles. The third-order valence-corrected chi connectivity index (χ3v) is 1.63. The number of hydrogen-bond acceptors (Lipinski definition) is 5. The second-order valence-corrected chi connectivity index (χ2v) is 2.51. The molecule has 0 spiro atoms. The van der Waals surface area contributed by atoms with Crippen LogP contribution in [-0.2, 0) is 0 Å². The zero-order valence-corrected chi connectivity index (χ0v) is 6.55. The molecule has 1 aliphatic heterocycles. The van der Waals surface area contributed by atoms with E-state index < -0.39 is 0 Å². The van der Waals surface area contributed by atoms with Crippen LogP contribution in [0.5, 0.6) is 0 Å². The Balaban J connectivity index is 2.50. The standard InChI is InChI=1S/C5H6ClN5/c1-11-3-2-7-5(6)8-4(3)9-10-11/h2,10H,1H3,(H,7,8,9). The van der Waals surface area contributed by atoms with E-state index >= 15 is 0 Å². The number of nitrogens with zero attached hydrogens (tertiary/aromatic N) is 3. The SMILES string of the molecule is CN1NNc2nc(Cl)ncc21. The van der Waals surface area contributed by atoms with Gasteiger partial charge in [0.15, 0.2) is 5.82 Å². The van der Waals surface area contributed by atoms with Gasteiger partial charge in [0.2, 0.25) is 5.28 Å². The molecule has 11 heavy (non-hydrogen) atoms. The zero-order chi connectivity index (χ0) is 7.84. The highest BCUT2D eigenvalue weighted by Gasteiger charge is 2.16. The lowest BCUT2D eigenvalue weighted by molar-refractivity contribution is 0.818. The van der Waals surface area contributed by atoms with E-state index in [1.165, 1.54) is 0 Å². The summed E-state index contributed by atoms with van der Waals surface area (Å²) in [4.78, 5) is 7.78. The Morgan fingerprint density at radius 3 is 3.27 bits per heavy atom. The summed E-state index contributed by atoms with van der Waals surface area (Å²) in [5.74, 6) is 0.701. The van der Waals surface area contributed by atoms with E-state index in [1.54, 1.807) is 11.2 Å². The van der Waals surface area contributed by atoms with Crippen LogP contribution < -0.4 is 16.0 Å². The molecule has 0 radical (unpaired) electrons. The summed E-state index contributed by atoms with van der Waals surface area (Å²) in [6, 6.07) is 0. The van der Waals surface area contributed by atoms with Crippen molar-refractivity contribution >= 4 is 23.1 Å². The maximum absolute atomic E-state index is 5.56. The van der Waals surface area contributed by atoms with Gasteiger partial charge < -0.3 is 0 Å². The first-order chi connectivity index (χ1) is 5.27. The van der Waals surface area contributed by atoms with E-state index in [2.05, 4.69) is 20.9 Å². The summed E-state index contributed by atoms with van der Waals surface area (Å²) in [5, 5.41) is 2.01. The van der Waals surface area contributed by atoms with Gasteiger partial charge in [0.05, 0.1) is 6.20 Å². The van der Waals surface area contributed by atoms with Crippen molar-refractivity contribution in [3.63, 3.8) is 0 Å². The van der Waals surface area contributed by atoms with Crippen LogP contribution >= 0.6 is 11.6 Å². The van der Waals surface area contributed by atoms with Crippen molar-refractivity contribution in [3.8, 4) is 0 Å². The number of aromatic nitrogens is 2. The highest BCUT2D eigenvalue weighted by atomic mass is 35.5. The Morgan fingerprint density at radius 1 is 1.64 bits per heavy atom. The van der Waals surface area contributed by atoms with E-state index in [0.29, 0.717) is 5.82 Å². The third-order valence-electron chi connectivity index (χ3n) is 1.44. The highest BCUT2D eigenvalue weighted by Crippen LogP contribution is 2.24. The minimum Gasteiger partial charge on any atom is -0.289 e. The molecule has 1 aromatic heterocycles. The Hall–Kier alpha value is -1.07. The number of halogens is 1. The fourth-order valence-electron chi connectivity index (χ4n) is 0.888. The Labute approximate surface area is 68.3 Å². The van der Waals surface area contributed by atoms with Gasteiger partial charge in [-0.25, -0.2) is 4.98 Å². The summed E-state index contributed by atoms with van der Waals surface area (Å²) >= 11 is 5.56. The van der Waals surface area contributed by atoms with Crippen molar-refractivity contribution in [2.45, 2.75) is 0 Å². The second-order valence-electron chi connectivity index (χ2n) is 2.17. The maximum Gasteiger partial charge on any atom is 0.224 e. The minimum absolute atomic E-state index is 0.244. The fourth-order valence-corrected chi connectivity index (χ4v) is 1.02. The molecular weight excluding hydrogens is 166 g/mol. The largest absolute Gasteiger partial charge is 0.289 e. The van der Waals surface area contributed by atoms with Gasteiger partial charge in [-0.15, -0.1) is 5.53 Å². The predicted molar refractivity (Wildman–Crippen MR) is 42.2 cm³/mol. The van der Waals surface area contributed by atoms with Crippen molar-refractivity contribution in [1.82, 2.24) is 15.5 Å². The summed E-state index contributed by atoms with van der Waals surface area (Å²) in [5.41, 5.74) is 6.55. The highest BCUT2D eigenvalue weighted by molar-refractivity contribution is 6.28. The van der Waals surface area contributed by atoms with Crippen molar-refractivity contribution in [3.05, 3.63) is 11.5 Å². The number of nitrogens with one attached hydrogen (secondary N) is 2. The zero-order valence-electron chi connectivity index (χ0n) is 5.80. The van der Waals surface area contributed by atoms with Gasteiger partial charge in [-0.2, -0.15) is 4.98 Å². The monoisotopic (exact) mass is 171 g/mol. The average Bonchev–Trinajstić information content (AvgIpc) is 2.32. The molecule has 0 unspecified atom stereocenters. The van der Waals surface area contributed by atoms with Gasteiger partial charge in [0.25, 0.3) is 0 Å². The molecule has 1 aliphatic rings. The fraction of sp³-hybridized carbons (Fsp3) is 0.200. The number of rotatable bonds is 0. The van der Waals surface area contributed by atoms with Crippen LogP contribution in [0.4, 0.5) is 11.5 Å². The number of hydrazine groups is 2. The van der Waals surface area contributed by atoms with Crippen molar-refractivity contribution in [2.24, 2.45) is 0 Å². The Bertz CT molecular complexity index is 288. The molecule has 0 amide bonds. The maximum atomic E-state index is 5.56. The van der Waals surface area contributed by atoms with Gasteiger partial charge in [-0.1, -0.05) is 0 Å². The quantitative estimate of drug-likeness (QED) is 0.554. The molecule has 5 nitrogen and oxygen atoms in total. The Morgan fingerprint density at radius 2 is 2.45 bits per heavy atom. The molecule has 6 heteroatoms. The molecule has 0 atom stereocenters. The van der Waals surface area contributed by atoms with Gasteiger partial charge in [0.1, 0.15) is 5.69 Å². The van der Waals surface area contributed by atoms with Crippen LogP contribution in [0.3, 0.4) is 0 Å². The van der Waals surface area contributed by atoms with Crippen LogP contribution in [0.15, 0.2) is 6.20 Å². The predicted octanol–water partition coefficient (Wildman–Crippen LogP) is 0.411. The first-order valence-electron chi connectivity index (χ1n) is 3.05. The number of anilines is 2. The topological polar surface area (TPSA) is 53.1 Å². The number of fused-ring (bicyclic) bond motifs is 1. The molecule has 2 rings (SSSR count). The van der Waals surface area contributed by atoms with E-state index in [4.69, 9.17) is 11.6 Å². The first kappa shape index (κ1) is 6.63. The molecule has 1 aromatic rings. The molecule has 0 aromatic carbocycles.